The second-order valence-corrected chi connectivity index (χ2v) is 6.22. The Morgan fingerprint density at radius 1 is 1.40 bits per heavy atom. The van der Waals surface area contributed by atoms with Crippen LogP contribution in [0.5, 0.6) is 0 Å². The molecule has 1 aromatic carbocycles. The molecule has 1 unspecified atom stereocenters. The van der Waals surface area contributed by atoms with Gasteiger partial charge in [-0.05, 0) is 32.4 Å². The van der Waals surface area contributed by atoms with E-state index in [4.69, 9.17) is 27.9 Å². The Labute approximate surface area is 129 Å². The number of carbonyl (C=O) groups is 1. The second kappa shape index (κ2) is 6.66. The molecule has 1 N–H and O–H groups in total. The van der Waals surface area contributed by atoms with Crippen molar-refractivity contribution in [3.8, 4) is 0 Å². The molecule has 0 aliphatic carbocycles. The van der Waals surface area contributed by atoms with E-state index in [1.165, 1.54) is 4.90 Å². The minimum atomic E-state index is -0.615. The molecule has 0 bridgehead atoms. The zero-order chi connectivity index (χ0) is 15.5. The molecule has 0 aliphatic rings. The largest absolute Gasteiger partial charge is 0.444 e. The highest BCUT2D eigenvalue weighted by Gasteiger charge is 2.27. The van der Waals surface area contributed by atoms with Gasteiger partial charge in [-0.25, -0.2) is 4.79 Å². The maximum atomic E-state index is 12.0. The van der Waals surface area contributed by atoms with Gasteiger partial charge in [-0.15, -0.1) is 0 Å². The zero-order valence-corrected chi connectivity index (χ0v) is 13.5. The van der Waals surface area contributed by atoms with Crippen LogP contribution in [0.4, 0.5) is 4.79 Å². The number of hydrogen-bond acceptors (Lipinski definition) is 3. The average molecular weight is 320 g/mol. The van der Waals surface area contributed by atoms with Crippen LogP contribution in [0.25, 0.3) is 0 Å². The summed E-state index contributed by atoms with van der Waals surface area (Å²) in [5.41, 5.74) is -0.0289. The van der Waals surface area contributed by atoms with Crippen LogP contribution in [0.2, 0.25) is 10.0 Å². The monoisotopic (exact) mass is 319 g/mol. The molecule has 112 valence electrons. The van der Waals surface area contributed by atoms with Crippen LogP contribution in [0.1, 0.15) is 32.4 Å². The lowest BCUT2D eigenvalue weighted by Crippen LogP contribution is -2.38. The van der Waals surface area contributed by atoms with Crippen LogP contribution in [0, 0.1) is 0 Å². The number of amides is 1. The lowest BCUT2D eigenvalue weighted by molar-refractivity contribution is 0.0159. The van der Waals surface area contributed by atoms with Gasteiger partial charge in [0.05, 0.1) is 22.7 Å². The summed E-state index contributed by atoms with van der Waals surface area (Å²) in [6, 6.07) is 4.47. The van der Waals surface area contributed by atoms with E-state index in [1.54, 1.807) is 46.0 Å². The van der Waals surface area contributed by atoms with Crippen LogP contribution in [0.15, 0.2) is 18.2 Å². The lowest BCUT2D eigenvalue weighted by Gasteiger charge is -2.30. The van der Waals surface area contributed by atoms with Crippen molar-refractivity contribution in [1.82, 2.24) is 4.90 Å². The summed E-state index contributed by atoms with van der Waals surface area (Å²) < 4.78 is 5.27. The highest BCUT2D eigenvalue weighted by Crippen LogP contribution is 2.32. The smallest absolute Gasteiger partial charge is 0.410 e. The van der Waals surface area contributed by atoms with Crippen LogP contribution >= 0.6 is 23.2 Å². The normalized spacial score (nSPS) is 12.9. The summed E-state index contributed by atoms with van der Waals surface area (Å²) >= 11 is 12.1. The quantitative estimate of drug-likeness (QED) is 0.919. The number of carbonyl (C=O) groups excluding carboxylic acids is 1. The molecule has 4 nitrogen and oxygen atoms in total. The molecule has 0 saturated carbocycles. The van der Waals surface area contributed by atoms with Gasteiger partial charge in [0.25, 0.3) is 0 Å². The molecule has 0 aromatic heterocycles. The number of halogens is 2. The van der Waals surface area contributed by atoms with Crippen molar-refractivity contribution < 1.29 is 14.6 Å². The number of rotatable bonds is 3. The van der Waals surface area contributed by atoms with Crippen molar-refractivity contribution in [2.24, 2.45) is 0 Å². The predicted octanol–water partition coefficient (Wildman–Crippen LogP) is 3.89. The first-order valence-electron chi connectivity index (χ1n) is 6.18. The number of aliphatic hydroxyl groups excluding tert-OH is 1. The molecule has 1 aromatic rings. The second-order valence-electron chi connectivity index (χ2n) is 5.43. The molecule has 0 spiro atoms. The minimum Gasteiger partial charge on any atom is -0.444 e. The van der Waals surface area contributed by atoms with E-state index in [9.17, 15) is 9.90 Å². The molecule has 20 heavy (non-hydrogen) atoms. The summed E-state index contributed by atoms with van der Waals surface area (Å²) in [4.78, 5) is 13.4. The summed E-state index contributed by atoms with van der Waals surface area (Å²) in [5, 5.41) is 10.3. The van der Waals surface area contributed by atoms with Gasteiger partial charge in [0.15, 0.2) is 0 Å². The number of likely N-dealkylation sites (N-methyl/N-ethyl adjacent to an activating group) is 1. The van der Waals surface area contributed by atoms with Crippen molar-refractivity contribution in [3.63, 3.8) is 0 Å². The predicted molar refractivity (Wildman–Crippen MR) is 80.3 cm³/mol. The highest BCUT2D eigenvalue weighted by molar-refractivity contribution is 6.42. The summed E-state index contributed by atoms with van der Waals surface area (Å²) in [7, 11) is 1.55. The van der Waals surface area contributed by atoms with Gasteiger partial charge < -0.3 is 14.7 Å². The van der Waals surface area contributed by atoms with E-state index in [0.717, 1.165) is 0 Å². The SMILES string of the molecule is CN(C(=O)OC(C)(C)C)C(CO)c1cccc(Cl)c1Cl. The first kappa shape index (κ1) is 17.1. The molecule has 0 aliphatic heterocycles. The average Bonchev–Trinajstić information content (AvgIpc) is 2.33. The topological polar surface area (TPSA) is 49.8 Å². The van der Waals surface area contributed by atoms with Gasteiger partial charge in [-0.3, -0.25) is 0 Å². The fraction of sp³-hybridized carbons (Fsp3) is 0.500. The maximum Gasteiger partial charge on any atom is 0.410 e. The van der Waals surface area contributed by atoms with E-state index >= 15 is 0 Å². The van der Waals surface area contributed by atoms with Crippen molar-refractivity contribution in [3.05, 3.63) is 33.8 Å². The Morgan fingerprint density at radius 3 is 2.50 bits per heavy atom. The Hall–Kier alpha value is -0.970. The van der Waals surface area contributed by atoms with E-state index in [1.807, 2.05) is 0 Å². The molecule has 0 saturated heterocycles. The first-order chi connectivity index (χ1) is 9.17. The van der Waals surface area contributed by atoms with Crippen LogP contribution in [-0.4, -0.2) is 35.4 Å². The Morgan fingerprint density at radius 2 is 2.00 bits per heavy atom. The van der Waals surface area contributed by atoms with Crippen molar-refractivity contribution in [2.45, 2.75) is 32.4 Å². The van der Waals surface area contributed by atoms with Gasteiger partial charge in [-0.1, -0.05) is 35.3 Å². The van der Waals surface area contributed by atoms with Gasteiger partial charge >= 0.3 is 6.09 Å². The van der Waals surface area contributed by atoms with E-state index < -0.39 is 17.7 Å². The Balaban J connectivity index is 3.01. The van der Waals surface area contributed by atoms with Gasteiger partial charge in [0.2, 0.25) is 0 Å². The Kier molecular flexibility index (Phi) is 5.68. The van der Waals surface area contributed by atoms with Crippen LogP contribution < -0.4 is 0 Å². The fourth-order valence-electron chi connectivity index (χ4n) is 1.67. The summed E-state index contributed by atoms with van der Waals surface area (Å²) in [6.07, 6.45) is -0.535. The summed E-state index contributed by atoms with van der Waals surface area (Å²) in [5.74, 6) is 0. The number of benzene rings is 1. The molecule has 0 fully saturated rings. The van der Waals surface area contributed by atoms with Gasteiger partial charge in [-0.2, -0.15) is 0 Å². The molecule has 0 radical (unpaired) electrons. The zero-order valence-electron chi connectivity index (χ0n) is 12.0. The van der Waals surface area contributed by atoms with Crippen molar-refractivity contribution in [2.75, 3.05) is 13.7 Å². The van der Waals surface area contributed by atoms with Gasteiger partial charge in [0.1, 0.15) is 5.60 Å². The number of aliphatic hydroxyl groups is 1. The van der Waals surface area contributed by atoms with Crippen molar-refractivity contribution >= 4 is 29.3 Å². The van der Waals surface area contributed by atoms with E-state index in [0.29, 0.717) is 15.6 Å². The maximum absolute atomic E-state index is 12.0. The van der Waals surface area contributed by atoms with E-state index in [-0.39, 0.29) is 6.61 Å². The molecule has 1 rings (SSSR count). The number of hydrogen-bond donors (Lipinski definition) is 1. The van der Waals surface area contributed by atoms with Crippen molar-refractivity contribution in [1.29, 1.82) is 0 Å². The summed E-state index contributed by atoms with van der Waals surface area (Å²) in [6.45, 7) is 5.05. The Bertz CT molecular complexity index is 486. The standard InChI is InChI=1S/C14H19Cl2NO3/c1-14(2,3)20-13(19)17(4)11(8-18)9-6-5-7-10(15)12(9)16/h5-7,11,18H,8H2,1-4H3. The molecular formula is C14H19Cl2NO3. The van der Waals surface area contributed by atoms with Crippen LogP contribution in [-0.2, 0) is 4.74 Å². The van der Waals surface area contributed by atoms with E-state index in [2.05, 4.69) is 0 Å². The fourth-order valence-corrected chi connectivity index (χ4v) is 2.10. The minimum absolute atomic E-state index is 0.282. The number of nitrogens with zero attached hydrogens (tertiary/aromatic N) is 1. The molecule has 1 atom stereocenters. The third-order valence-corrected chi connectivity index (χ3v) is 3.50. The van der Waals surface area contributed by atoms with Gasteiger partial charge in [0, 0.05) is 7.05 Å². The number of ether oxygens (including phenoxy) is 1. The van der Waals surface area contributed by atoms with Crippen LogP contribution in [0.3, 0.4) is 0 Å². The molecule has 6 heteroatoms. The third kappa shape index (κ3) is 4.27. The third-order valence-electron chi connectivity index (χ3n) is 2.66. The highest BCUT2D eigenvalue weighted by atomic mass is 35.5. The molecule has 1 amide bonds. The first-order valence-corrected chi connectivity index (χ1v) is 6.93. The lowest BCUT2D eigenvalue weighted by atomic mass is 10.1. The molecule has 0 heterocycles. The molecular weight excluding hydrogens is 301 g/mol.